The van der Waals surface area contributed by atoms with Crippen LogP contribution in [0, 0.1) is 6.92 Å². The van der Waals surface area contributed by atoms with Gasteiger partial charge in [-0.2, -0.15) is 0 Å². The van der Waals surface area contributed by atoms with Crippen molar-refractivity contribution < 1.29 is 4.79 Å². The summed E-state index contributed by atoms with van der Waals surface area (Å²) in [5.41, 5.74) is 7.93. The van der Waals surface area contributed by atoms with Crippen LogP contribution in [0.1, 0.15) is 21.1 Å². The average molecular weight is 261 g/mol. The van der Waals surface area contributed by atoms with Crippen molar-refractivity contribution >= 4 is 22.9 Å². The molecule has 1 aromatic heterocycles. The molecule has 0 aliphatic heterocycles. The van der Waals surface area contributed by atoms with Crippen LogP contribution in [0.3, 0.4) is 0 Å². The Hall–Kier alpha value is -1.88. The van der Waals surface area contributed by atoms with Crippen LogP contribution in [0.25, 0.3) is 0 Å². The van der Waals surface area contributed by atoms with Crippen LogP contribution in [-0.2, 0) is 6.54 Å². The number of thiazole rings is 1. The number of amides is 1. The summed E-state index contributed by atoms with van der Waals surface area (Å²) in [6.07, 6.45) is 0. The van der Waals surface area contributed by atoms with Crippen molar-refractivity contribution in [3.8, 4) is 0 Å². The van der Waals surface area contributed by atoms with Gasteiger partial charge in [0.1, 0.15) is 5.69 Å². The smallest absolute Gasteiger partial charge is 0.273 e. The van der Waals surface area contributed by atoms with Gasteiger partial charge in [-0.1, -0.05) is 12.1 Å². The number of carbonyl (C=O) groups is 1. The lowest BCUT2D eigenvalue weighted by atomic mass is 10.2. The van der Waals surface area contributed by atoms with Gasteiger partial charge >= 0.3 is 0 Å². The third kappa shape index (κ3) is 2.87. The first kappa shape index (κ1) is 12.6. The fraction of sp³-hybridized carbons (Fsp3) is 0.231. The quantitative estimate of drug-likeness (QED) is 0.862. The van der Waals surface area contributed by atoms with Crippen molar-refractivity contribution in [3.63, 3.8) is 0 Å². The molecule has 0 saturated carbocycles. The number of benzene rings is 1. The lowest BCUT2D eigenvalue weighted by molar-refractivity contribution is 0.0780. The first-order chi connectivity index (χ1) is 8.56. The van der Waals surface area contributed by atoms with Crippen molar-refractivity contribution in [2.24, 2.45) is 0 Å². The summed E-state index contributed by atoms with van der Waals surface area (Å²) in [6, 6.07) is 7.54. The van der Waals surface area contributed by atoms with Crippen LogP contribution in [0.15, 0.2) is 29.6 Å². The molecule has 0 aliphatic rings. The maximum absolute atomic E-state index is 12.1. The summed E-state index contributed by atoms with van der Waals surface area (Å²) in [5, 5.41) is 2.68. The molecule has 94 valence electrons. The standard InChI is InChI=1S/C13H15N3OS/c1-9-15-12(8-18-9)13(17)16(2)7-10-4-3-5-11(14)6-10/h3-6,8H,7,14H2,1-2H3. The van der Waals surface area contributed by atoms with Crippen LogP contribution in [0.2, 0.25) is 0 Å². The van der Waals surface area contributed by atoms with E-state index in [4.69, 9.17) is 5.73 Å². The highest BCUT2D eigenvalue weighted by atomic mass is 32.1. The molecular formula is C13H15N3OS. The number of nitrogens with zero attached hydrogens (tertiary/aromatic N) is 2. The topological polar surface area (TPSA) is 59.2 Å². The molecule has 0 saturated heterocycles. The van der Waals surface area contributed by atoms with E-state index in [9.17, 15) is 4.79 Å². The zero-order chi connectivity index (χ0) is 13.1. The molecule has 2 aromatic rings. The SMILES string of the molecule is Cc1nc(C(=O)N(C)Cc2cccc(N)c2)cs1. The van der Waals surface area contributed by atoms with Gasteiger partial charge in [0, 0.05) is 24.7 Å². The van der Waals surface area contributed by atoms with Gasteiger partial charge in [-0.05, 0) is 24.6 Å². The summed E-state index contributed by atoms with van der Waals surface area (Å²) < 4.78 is 0. The molecule has 1 aromatic carbocycles. The lowest BCUT2D eigenvalue weighted by Gasteiger charge is -2.16. The normalized spacial score (nSPS) is 10.3. The predicted molar refractivity (Wildman–Crippen MR) is 73.5 cm³/mol. The highest BCUT2D eigenvalue weighted by Gasteiger charge is 2.14. The number of nitrogen functional groups attached to an aromatic ring is 1. The third-order valence-corrected chi connectivity index (χ3v) is 3.33. The first-order valence-corrected chi connectivity index (χ1v) is 6.46. The first-order valence-electron chi connectivity index (χ1n) is 5.58. The van der Waals surface area contributed by atoms with Crippen molar-refractivity contribution in [2.75, 3.05) is 12.8 Å². The molecule has 1 heterocycles. The van der Waals surface area contributed by atoms with Crippen LogP contribution in [0.4, 0.5) is 5.69 Å². The highest BCUT2D eigenvalue weighted by Crippen LogP contribution is 2.13. The Morgan fingerprint density at radius 1 is 1.50 bits per heavy atom. The lowest BCUT2D eigenvalue weighted by Crippen LogP contribution is -2.26. The fourth-order valence-electron chi connectivity index (χ4n) is 1.69. The van der Waals surface area contributed by atoms with E-state index in [0.29, 0.717) is 17.9 Å². The van der Waals surface area contributed by atoms with Crippen LogP contribution in [-0.4, -0.2) is 22.8 Å². The molecule has 0 atom stereocenters. The van der Waals surface area contributed by atoms with Crippen molar-refractivity contribution in [3.05, 3.63) is 45.9 Å². The second-order valence-corrected chi connectivity index (χ2v) is 5.22. The molecule has 0 aliphatic carbocycles. The van der Waals surface area contributed by atoms with E-state index in [1.54, 1.807) is 17.3 Å². The van der Waals surface area contributed by atoms with Crippen LogP contribution >= 0.6 is 11.3 Å². The number of aryl methyl sites for hydroxylation is 1. The molecule has 5 heteroatoms. The van der Waals surface area contributed by atoms with E-state index in [1.165, 1.54) is 11.3 Å². The van der Waals surface area contributed by atoms with E-state index in [1.807, 2.05) is 31.2 Å². The molecular weight excluding hydrogens is 246 g/mol. The summed E-state index contributed by atoms with van der Waals surface area (Å²) in [4.78, 5) is 17.9. The van der Waals surface area contributed by atoms with Gasteiger partial charge in [-0.15, -0.1) is 11.3 Å². The van der Waals surface area contributed by atoms with E-state index in [2.05, 4.69) is 4.98 Å². The number of hydrogen-bond acceptors (Lipinski definition) is 4. The second kappa shape index (κ2) is 5.18. The predicted octanol–water partition coefficient (Wildman–Crippen LogP) is 2.31. The summed E-state index contributed by atoms with van der Waals surface area (Å²) in [7, 11) is 1.76. The van der Waals surface area contributed by atoms with Crippen molar-refractivity contribution in [1.82, 2.24) is 9.88 Å². The molecule has 0 fully saturated rings. The monoisotopic (exact) mass is 261 g/mol. The van der Waals surface area contributed by atoms with Gasteiger partial charge in [0.2, 0.25) is 0 Å². The third-order valence-electron chi connectivity index (χ3n) is 2.56. The van der Waals surface area contributed by atoms with E-state index >= 15 is 0 Å². The Morgan fingerprint density at radius 3 is 2.89 bits per heavy atom. The molecule has 0 radical (unpaired) electrons. The zero-order valence-electron chi connectivity index (χ0n) is 10.4. The van der Waals surface area contributed by atoms with Gasteiger partial charge in [0.25, 0.3) is 5.91 Å². The number of rotatable bonds is 3. The molecule has 2 rings (SSSR count). The minimum Gasteiger partial charge on any atom is -0.399 e. The van der Waals surface area contributed by atoms with Crippen molar-refractivity contribution in [2.45, 2.75) is 13.5 Å². The summed E-state index contributed by atoms with van der Waals surface area (Å²) in [6.45, 7) is 2.42. The molecule has 18 heavy (non-hydrogen) atoms. The minimum atomic E-state index is -0.0678. The average Bonchev–Trinajstić information content (AvgIpc) is 2.75. The number of aromatic nitrogens is 1. The van der Waals surface area contributed by atoms with Gasteiger partial charge in [0.05, 0.1) is 5.01 Å². The number of anilines is 1. The molecule has 0 bridgehead atoms. The van der Waals surface area contributed by atoms with Crippen molar-refractivity contribution in [1.29, 1.82) is 0 Å². The number of carbonyl (C=O) groups excluding carboxylic acids is 1. The maximum atomic E-state index is 12.1. The molecule has 4 nitrogen and oxygen atoms in total. The summed E-state index contributed by atoms with van der Waals surface area (Å²) in [5.74, 6) is -0.0678. The Balaban J connectivity index is 2.08. The second-order valence-electron chi connectivity index (χ2n) is 4.16. The molecule has 2 N–H and O–H groups in total. The Kier molecular flexibility index (Phi) is 3.62. The number of hydrogen-bond donors (Lipinski definition) is 1. The van der Waals surface area contributed by atoms with Crippen LogP contribution < -0.4 is 5.73 Å². The summed E-state index contributed by atoms with van der Waals surface area (Å²) >= 11 is 1.48. The molecule has 0 unspecified atom stereocenters. The highest BCUT2D eigenvalue weighted by molar-refractivity contribution is 7.09. The maximum Gasteiger partial charge on any atom is 0.273 e. The number of nitrogens with two attached hydrogens (primary N) is 1. The fourth-order valence-corrected chi connectivity index (χ4v) is 2.28. The van der Waals surface area contributed by atoms with Gasteiger partial charge in [-0.25, -0.2) is 4.98 Å². The van der Waals surface area contributed by atoms with E-state index < -0.39 is 0 Å². The van der Waals surface area contributed by atoms with E-state index in [0.717, 1.165) is 10.6 Å². The minimum absolute atomic E-state index is 0.0678. The Labute approximate surface area is 110 Å². The molecule has 0 spiro atoms. The zero-order valence-corrected chi connectivity index (χ0v) is 11.2. The Bertz CT molecular complexity index is 565. The van der Waals surface area contributed by atoms with E-state index in [-0.39, 0.29) is 5.91 Å². The van der Waals surface area contributed by atoms with Crippen LogP contribution in [0.5, 0.6) is 0 Å². The van der Waals surface area contributed by atoms with Gasteiger partial charge in [-0.3, -0.25) is 4.79 Å². The van der Waals surface area contributed by atoms with Gasteiger partial charge < -0.3 is 10.6 Å². The largest absolute Gasteiger partial charge is 0.399 e. The van der Waals surface area contributed by atoms with Gasteiger partial charge in [0.15, 0.2) is 0 Å². The Morgan fingerprint density at radius 2 is 2.28 bits per heavy atom. The molecule has 1 amide bonds.